The summed E-state index contributed by atoms with van der Waals surface area (Å²) in [5.74, 6) is 0.792. The standard InChI is InChI=1S/C14H16ClN3O/c15-10-2-3-11-9(7-10)1-4-14(17-11)18-12-5-6-16-8-13(12)19/h1-4,7,12-13,16,19H,5-6,8H2,(H,17,18)/t12-,13-/m1/s1. The second-order valence-corrected chi connectivity index (χ2v) is 5.28. The highest BCUT2D eigenvalue weighted by Crippen LogP contribution is 2.20. The molecule has 4 nitrogen and oxygen atoms in total. The predicted molar refractivity (Wildman–Crippen MR) is 77.7 cm³/mol. The lowest BCUT2D eigenvalue weighted by Gasteiger charge is -2.29. The van der Waals surface area contributed by atoms with E-state index in [0.29, 0.717) is 11.6 Å². The fourth-order valence-corrected chi connectivity index (χ4v) is 2.56. The van der Waals surface area contributed by atoms with Gasteiger partial charge in [-0.05, 0) is 43.3 Å². The summed E-state index contributed by atoms with van der Waals surface area (Å²) in [6, 6.07) is 9.60. The monoisotopic (exact) mass is 277 g/mol. The first-order valence-electron chi connectivity index (χ1n) is 6.44. The van der Waals surface area contributed by atoms with Crippen LogP contribution in [0.4, 0.5) is 5.82 Å². The minimum absolute atomic E-state index is 0.0542. The zero-order valence-electron chi connectivity index (χ0n) is 10.4. The molecule has 1 aromatic heterocycles. The van der Waals surface area contributed by atoms with Crippen LogP contribution in [-0.2, 0) is 0 Å². The molecule has 3 rings (SSSR count). The molecule has 0 radical (unpaired) electrons. The first-order chi connectivity index (χ1) is 9.22. The number of pyridine rings is 1. The third kappa shape index (κ3) is 2.81. The van der Waals surface area contributed by atoms with Gasteiger partial charge < -0.3 is 15.7 Å². The highest BCUT2D eigenvalue weighted by molar-refractivity contribution is 6.31. The summed E-state index contributed by atoms with van der Waals surface area (Å²) in [5, 5.41) is 18.1. The first-order valence-corrected chi connectivity index (χ1v) is 6.82. The first kappa shape index (κ1) is 12.7. The number of aromatic nitrogens is 1. The van der Waals surface area contributed by atoms with Gasteiger partial charge in [-0.1, -0.05) is 11.6 Å². The minimum atomic E-state index is -0.378. The topological polar surface area (TPSA) is 57.2 Å². The number of nitrogens with one attached hydrogen (secondary N) is 2. The van der Waals surface area contributed by atoms with Gasteiger partial charge in [0.25, 0.3) is 0 Å². The molecular weight excluding hydrogens is 262 g/mol. The summed E-state index contributed by atoms with van der Waals surface area (Å²) in [4.78, 5) is 4.54. The Balaban J connectivity index is 1.83. The van der Waals surface area contributed by atoms with Gasteiger partial charge in [-0.2, -0.15) is 0 Å². The van der Waals surface area contributed by atoms with Crippen LogP contribution in [0.1, 0.15) is 6.42 Å². The van der Waals surface area contributed by atoms with Crippen molar-refractivity contribution < 1.29 is 5.11 Å². The molecule has 1 fully saturated rings. The van der Waals surface area contributed by atoms with Gasteiger partial charge in [0, 0.05) is 17.0 Å². The molecule has 100 valence electrons. The summed E-state index contributed by atoms with van der Waals surface area (Å²) >= 11 is 5.95. The van der Waals surface area contributed by atoms with E-state index in [0.717, 1.165) is 29.7 Å². The van der Waals surface area contributed by atoms with Crippen molar-refractivity contribution in [2.45, 2.75) is 18.6 Å². The number of rotatable bonds is 2. The van der Waals surface area contributed by atoms with Gasteiger partial charge in [0.15, 0.2) is 0 Å². The zero-order valence-corrected chi connectivity index (χ0v) is 11.2. The molecule has 2 heterocycles. The molecule has 1 saturated heterocycles. The van der Waals surface area contributed by atoms with Crippen LogP contribution < -0.4 is 10.6 Å². The molecule has 3 N–H and O–H groups in total. The van der Waals surface area contributed by atoms with Gasteiger partial charge in [-0.25, -0.2) is 4.98 Å². The number of aliphatic hydroxyl groups excluding tert-OH is 1. The number of halogens is 1. The molecule has 5 heteroatoms. The Labute approximate surface area is 116 Å². The Morgan fingerprint density at radius 1 is 1.32 bits per heavy atom. The summed E-state index contributed by atoms with van der Waals surface area (Å²) in [5.41, 5.74) is 0.901. The lowest BCUT2D eigenvalue weighted by Crippen LogP contribution is -2.47. The third-order valence-corrected chi connectivity index (χ3v) is 3.67. The van der Waals surface area contributed by atoms with Crippen molar-refractivity contribution in [3.63, 3.8) is 0 Å². The smallest absolute Gasteiger partial charge is 0.126 e. The molecular formula is C14H16ClN3O. The largest absolute Gasteiger partial charge is 0.390 e. The lowest BCUT2D eigenvalue weighted by molar-refractivity contribution is 0.128. The number of anilines is 1. The van der Waals surface area contributed by atoms with Crippen molar-refractivity contribution in [3.05, 3.63) is 35.4 Å². The highest BCUT2D eigenvalue weighted by Gasteiger charge is 2.22. The molecule has 1 aliphatic heterocycles. The molecule has 0 saturated carbocycles. The number of aliphatic hydroxyl groups is 1. The fraction of sp³-hybridized carbons (Fsp3) is 0.357. The average molecular weight is 278 g/mol. The summed E-state index contributed by atoms with van der Waals surface area (Å²) < 4.78 is 0. The fourth-order valence-electron chi connectivity index (χ4n) is 2.38. The summed E-state index contributed by atoms with van der Waals surface area (Å²) in [7, 11) is 0. The Morgan fingerprint density at radius 2 is 2.21 bits per heavy atom. The van der Waals surface area contributed by atoms with Crippen molar-refractivity contribution in [2.75, 3.05) is 18.4 Å². The van der Waals surface area contributed by atoms with E-state index < -0.39 is 0 Å². The molecule has 0 aliphatic carbocycles. The highest BCUT2D eigenvalue weighted by atomic mass is 35.5. The molecule has 1 aromatic carbocycles. The second kappa shape index (κ2) is 5.33. The van der Waals surface area contributed by atoms with Crippen LogP contribution in [0.2, 0.25) is 5.02 Å². The van der Waals surface area contributed by atoms with E-state index in [1.807, 2.05) is 30.3 Å². The molecule has 2 atom stereocenters. The van der Waals surface area contributed by atoms with Gasteiger partial charge in [-0.15, -0.1) is 0 Å². The van der Waals surface area contributed by atoms with Gasteiger partial charge in [-0.3, -0.25) is 0 Å². The van der Waals surface area contributed by atoms with Crippen LogP contribution in [0.25, 0.3) is 10.9 Å². The van der Waals surface area contributed by atoms with E-state index in [9.17, 15) is 5.11 Å². The molecule has 0 spiro atoms. The van der Waals surface area contributed by atoms with E-state index in [-0.39, 0.29) is 12.1 Å². The Hall–Kier alpha value is -1.36. The van der Waals surface area contributed by atoms with Gasteiger partial charge >= 0.3 is 0 Å². The number of hydrogen-bond donors (Lipinski definition) is 3. The van der Waals surface area contributed by atoms with E-state index >= 15 is 0 Å². The van der Waals surface area contributed by atoms with Crippen molar-refractivity contribution in [1.29, 1.82) is 0 Å². The number of nitrogens with zero attached hydrogens (tertiary/aromatic N) is 1. The second-order valence-electron chi connectivity index (χ2n) is 4.84. The Morgan fingerprint density at radius 3 is 3.05 bits per heavy atom. The normalized spacial score (nSPS) is 23.5. The van der Waals surface area contributed by atoms with Crippen LogP contribution in [0.3, 0.4) is 0 Å². The van der Waals surface area contributed by atoms with Crippen LogP contribution in [-0.4, -0.2) is 35.3 Å². The van der Waals surface area contributed by atoms with Crippen LogP contribution >= 0.6 is 11.6 Å². The number of fused-ring (bicyclic) bond motifs is 1. The number of hydrogen-bond acceptors (Lipinski definition) is 4. The minimum Gasteiger partial charge on any atom is -0.390 e. The predicted octanol–water partition coefficient (Wildman–Crippen LogP) is 2.02. The molecule has 0 amide bonds. The SMILES string of the molecule is O[C@@H]1CNCC[C@H]1Nc1ccc2cc(Cl)ccc2n1. The molecule has 0 bridgehead atoms. The Kier molecular flexibility index (Phi) is 3.55. The van der Waals surface area contributed by atoms with Gasteiger partial charge in [0.2, 0.25) is 0 Å². The Bertz CT molecular complexity index is 590. The maximum Gasteiger partial charge on any atom is 0.126 e. The van der Waals surface area contributed by atoms with Crippen molar-refractivity contribution in [3.8, 4) is 0 Å². The van der Waals surface area contributed by atoms with Crippen LogP contribution in [0, 0.1) is 0 Å². The zero-order chi connectivity index (χ0) is 13.2. The van der Waals surface area contributed by atoms with Crippen molar-refractivity contribution in [1.82, 2.24) is 10.3 Å². The van der Waals surface area contributed by atoms with Crippen molar-refractivity contribution >= 4 is 28.3 Å². The molecule has 19 heavy (non-hydrogen) atoms. The molecule has 0 unspecified atom stereocenters. The number of β-amino-alcohol motifs (C(OH)–C–C–N with tert-alkyl or cyclic N) is 1. The van der Waals surface area contributed by atoms with Crippen LogP contribution in [0.5, 0.6) is 0 Å². The summed E-state index contributed by atoms with van der Waals surface area (Å²) in [6.45, 7) is 1.54. The summed E-state index contributed by atoms with van der Waals surface area (Å²) in [6.07, 6.45) is 0.512. The van der Waals surface area contributed by atoms with E-state index in [1.165, 1.54) is 0 Å². The maximum absolute atomic E-state index is 9.91. The van der Waals surface area contributed by atoms with Crippen LogP contribution in [0.15, 0.2) is 30.3 Å². The van der Waals surface area contributed by atoms with E-state index in [2.05, 4.69) is 15.6 Å². The van der Waals surface area contributed by atoms with E-state index in [1.54, 1.807) is 0 Å². The lowest BCUT2D eigenvalue weighted by atomic mass is 10.0. The maximum atomic E-state index is 9.91. The van der Waals surface area contributed by atoms with Crippen molar-refractivity contribution in [2.24, 2.45) is 0 Å². The van der Waals surface area contributed by atoms with Gasteiger partial charge in [0.1, 0.15) is 5.82 Å². The van der Waals surface area contributed by atoms with E-state index in [4.69, 9.17) is 11.6 Å². The molecule has 2 aromatic rings. The number of benzene rings is 1. The third-order valence-electron chi connectivity index (χ3n) is 3.43. The number of piperidine rings is 1. The van der Waals surface area contributed by atoms with Gasteiger partial charge in [0.05, 0.1) is 17.7 Å². The average Bonchev–Trinajstić information content (AvgIpc) is 2.41. The quantitative estimate of drug-likeness (QED) is 0.786. The molecule has 1 aliphatic rings.